The second kappa shape index (κ2) is 6.34. The highest BCUT2D eigenvalue weighted by Gasteiger charge is 1.84. The fourth-order valence-electron chi connectivity index (χ4n) is 0.757. The molecule has 0 N–H and O–H groups in total. The van der Waals surface area contributed by atoms with Crippen LogP contribution in [0.1, 0.15) is 20.3 Å². The predicted octanol–water partition coefficient (Wildman–Crippen LogP) is 3.33. The van der Waals surface area contributed by atoms with Crippen LogP contribution in [-0.2, 0) is 0 Å². The molecule has 0 amide bonds. The minimum absolute atomic E-state index is 0.560. The van der Waals surface area contributed by atoms with Gasteiger partial charge in [-0.2, -0.15) is 0 Å². The molecule has 0 fully saturated rings. The molecule has 0 aromatic carbocycles. The number of hydrogen-bond donors (Lipinski definition) is 0. The largest absolute Gasteiger partial charge is 0.103 e. The van der Waals surface area contributed by atoms with Crippen LogP contribution in [0.4, 0.5) is 0 Å². The summed E-state index contributed by atoms with van der Waals surface area (Å²) >= 11 is 0. The second-order valence-electron chi connectivity index (χ2n) is 2.34. The van der Waals surface area contributed by atoms with Gasteiger partial charge in [-0.15, -0.1) is 6.58 Å². The molecule has 1 atom stereocenters. The summed E-state index contributed by atoms with van der Waals surface area (Å²) in [5.74, 6) is 0.560. The van der Waals surface area contributed by atoms with Crippen LogP contribution in [0.2, 0.25) is 0 Å². The fourth-order valence-corrected chi connectivity index (χ4v) is 0.757. The van der Waals surface area contributed by atoms with E-state index in [-0.39, 0.29) is 0 Å². The van der Waals surface area contributed by atoms with E-state index in [1.54, 1.807) is 0 Å². The lowest BCUT2D eigenvalue weighted by molar-refractivity contribution is 0.931. The van der Waals surface area contributed by atoms with E-state index in [0.29, 0.717) is 5.92 Å². The van der Waals surface area contributed by atoms with Crippen molar-refractivity contribution in [3.8, 4) is 0 Å². The van der Waals surface area contributed by atoms with Crippen molar-refractivity contribution in [1.82, 2.24) is 0 Å². The summed E-state index contributed by atoms with van der Waals surface area (Å²) in [7, 11) is 0. The Morgan fingerprint density at radius 3 is 2.60 bits per heavy atom. The molecule has 0 saturated carbocycles. The van der Waals surface area contributed by atoms with Crippen LogP contribution in [0.3, 0.4) is 0 Å². The lowest BCUT2D eigenvalue weighted by Crippen LogP contribution is -1.79. The van der Waals surface area contributed by atoms with Gasteiger partial charge in [0, 0.05) is 0 Å². The van der Waals surface area contributed by atoms with Crippen molar-refractivity contribution in [2.45, 2.75) is 20.3 Å². The zero-order valence-electron chi connectivity index (χ0n) is 6.88. The van der Waals surface area contributed by atoms with Gasteiger partial charge in [-0.25, -0.2) is 0 Å². The van der Waals surface area contributed by atoms with Crippen LogP contribution < -0.4 is 0 Å². The van der Waals surface area contributed by atoms with E-state index in [0.717, 1.165) is 6.42 Å². The Balaban J connectivity index is 3.54. The molecule has 0 aliphatic carbocycles. The molecule has 0 aliphatic heterocycles. The normalized spacial score (nSPS) is 14.6. The van der Waals surface area contributed by atoms with E-state index in [4.69, 9.17) is 0 Å². The van der Waals surface area contributed by atoms with Crippen molar-refractivity contribution in [1.29, 1.82) is 0 Å². The lowest BCUT2D eigenvalue weighted by Gasteiger charge is -1.94. The van der Waals surface area contributed by atoms with E-state index >= 15 is 0 Å². The maximum Gasteiger partial charge on any atom is -0.00819 e. The highest BCUT2D eigenvalue weighted by molar-refractivity contribution is 4.99. The van der Waals surface area contributed by atoms with E-state index < -0.39 is 0 Å². The van der Waals surface area contributed by atoms with Gasteiger partial charge < -0.3 is 0 Å². The first kappa shape index (κ1) is 9.22. The molecule has 0 bridgehead atoms. The Bertz CT molecular complexity index is 129. The topological polar surface area (TPSA) is 0 Å². The number of hydrogen-bond acceptors (Lipinski definition) is 0. The van der Waals surface area contributed by atoms with Crippen molar-refractivity contribution in [2.24, 2.45) is 5.92 Å². The first-order valence-corrected chi connectivity index (χ1v) is 3.71. The molecule has 0 radical (unpaired) electrons. The molecule has 0 heterocycles. The fraction of sp³-hybridized carbons (Fsp3) is 0.400. The van der Waals surface area contributed by atoms with Crippen molar-refractivity contribution in [2.75, 3.05) is 0 Å². The molecule has 0 spiro atoms. The van der Waals surface area contributed by atoms with E-state index in [9.17, 15) is 0 Å². The first-order chi connectivity index (χ1) is 4.81. The molecule has 0 nitrogen and oxygen atoms in total. The molecule has 0 rings (SSSR count). The minimum atomic E-state index is 0.560. The van der Waals surface area contributed by atoms with Crippen LogP contribution in [-0.4, -0.2) is 0 Å². The molecule has 0 saturated heterocycles. The molecule has 10 heavy (non-hydrogen) atoms. The molecular formula is C10H16. The molecule has 1 unspecified atom stereocenters. The summed E-state index contributed by atoms with van der Waals surface area (Å²) in [6.07, 6.45) is 11.4. The Morgan fingerprint density at radius 2 is 2.10 bits per heavy atom. The summed E-state index contributed by atoms with van der Waals surface area (Å²) in [6.45, 7) is 7.84. The van der Waals surface area contributed by atoms with Gasteiger partial charge in [0.1, 0.15) is 0 Å². The van der Waals surface area contributed by atoms with Crippen LogP contribution in [0.15, 0.2) is 37.0 Å². The number of allylic oxidation sites excluding steroid dienone is 5. The smallest absolute Gasteiger partial charge is 0.00819 e. The zero-order valence-corrected chi connectivity index (χ0v) is 6.88. The van der Waals surface area contributed by atoms with Crippen LogP contribution in [0.25, 0.3) is 0 Å². The van der Waals surface area contributed by atoms with Gasteiger partial charge in [0.2, 0.25) is 0 Å². The lowest BCUT2D eigenvalue weighted by atomic mass is 10.1. The highest BCUT2D eigenvalue weighted by Crippen LogP contribution is 1.99. The Morgan fingerprint density at radius 1 is 1.40 bits per heavy atom. The molecule has 0 aromatic rings. The minimum Gasteiger partial charge on any atom is -0.103 e. The van der Waals surface area contributed by atoms with E-state index in [2.05, 4.69) is 37.8 Å². The van der Waals surface area contributed by atoms with Crippen LogP contribution >= 0.6 is 0 Å². The van der Waals surface area contributed by atoms with Crippen LogP contribution in [0, 0.1) is 5.92 Å². The van der Waals surface area contributed by atoms with Gasteiger partial charge in [-0.3, -0.25) is 0 Å². The Kier molecular flexibility index (Phi) is 5.85. The van der Waals surface area contributed by atoms with Crippen molar-refractivity contribution >= 4 is 0 Å². The van der Waals surface area contributed by atoms with Crippen LogP contribution in [0.5, 0.6) is 0 Å². The standard InChI is InChI=1S/C10H16/c1-4-6-7-9-10(3)8-5-2/h4-5,7-10H,1,6H2,2-3H3. The molecule has 56 valence electrons. The average Bonchev–Trinajstić information content (AvgIpc) is 1.89. The van der Waals surface area contributed by atoms with Crippen molar-refractivity contribution in [3.63, 3.8) is 0 Å². The zero-order chi connectivity index (χ0) is 7.82. The average molecular weight is 136 g/mol. The predicted molar refractivity (Wildman–Crippen MR) is 47.9 cm³/mol. The van der Waals surface area contributed by atoms with Gasteiger partial charge in [0.25, 0.3) is 0 Å². The summed E-state index contributed by atoms with van der Waals surface area (Å²) in [5, 5.41) is 0. The maximum absolute atomic E-state index is 3.63. The van der Waals surface area contributed by atoms with Gasteiger partial charge in [0.05, 0.1) is 0 Å². The third-order valence-corrected chi connectivity index (χ3v) is 1.24. The SMILES string of the molecule is C=CCC=CC(C)C=CC. The monoisotopic (exact) mass is 136 g/mol. The summed E-state index contributed by atoms with van der Waals surface area (Å²) < 4.78 is 0. The van der Waals surface area contributed by atoms with Gasteiger partial charge >= 0.3 is 0 Å². The molecule has 0 aliphatic rings. The summed E-state index contributed by atoms with van der Waals surface area (Å²) in [4.78, 5) is 0. The maximum atomic E-state index is 3.63. The van der Waals surface area contributed by atoms with E-state index in [1.807, 2.05) is 13.0 Å². The summed E-state index contributed by atoms with van der Waals surface area (Å²) in [5.41, 5.74) is 0. The third kappa shape index (κ3) is 5.36. The van der Waals surface area contributed by atoms with Gasteiger partial charge in [0.15, 0.2) is 0 Å². The van der Waals surface area contributed by atoms with Crippen molar-refractivity contribution < 1.29 is 0 Å². The highest BCUT2D eigenvalue weighted by atomic mass is 13.9. The second-order valence-corrected chi connectivity index (χ2v) is 2.34. The molecule has 0 heteroatoms. The number of rotatable bonds is 4. The van der Waals surface area contributed by atoms with Gasteiger partial charge in [-0.05, 0) is 19.3 Å². The van der Waals surface area contributed by atoms with Gasteiger partial charge in [-0.1, -0.05) is 37.3 Å². The quantitative estimate of drug-likeness (QED) is 0.520. The molecular weight excluding hydrogens is 120 g/mol. The Labute approximate surface area is 64.0 Å². The summed E-state index contributed by atoms with van der Waals surface area (Å²) in [6, 6.07) is 0. The van der Waals surface area contributed by atoms with Crippen molar-refractivity contribution in [3.05, 3.63) is 37.0 Å². The Hall–Kier alpha value is -0.780. The third-order valence-electron chi connectivity index (χ3n) is 1.24. The molecule has 0 aromatic heterocycles. The first-order valence-electron chi connectivity index (χ1n) is 3.71. The van der Waals surface area contributed by atoms with E-state index in [1.165, 1.54) is 0 Å².